The van der Waals surface area contributed by atoms with E-state index in [1.165, 1.54) is 6.33 Å². The first-order valence-electron chi connectivity index (χ1n) is 8.95. The third-order valence-electron chi connectivity index (χ3n) is 4.29. The predicted octanol–water partition coefficient (Wildman–Crippen LogP) is 4.08. The van der Waals surface area contributed by atoms with Crippen LogP contribution < -0.4 is 5.32 Å². The second kappa shape index (κ2) is 8.98. The van der Waals surface area contributed by atoms with Gasteiger partial charge in [0.05, 0.1) is 27.3 Å². The minimum atomic E-state index is -1.32. The maximum atomic E-state index is 12.6. The topological polar surface area (TPSA) is 101 Å². The molecule has 9 heteroatoms. The van der Waals surface area contributed by atoms with Crippen molar-refractivity contribution in [1.29, 1.82) is 0 Å². The molecule has 0 saturated heterocycles. The zero-order chi connectivity index (χ0) is 20.9. The Morgan fingerprint density at radius 1 is 1.07 bits per heavy atom. The summed E-state index contributed by atoms with van der Waals surface area (Å²) < 4.78 is 12.2. The zero-order valence-corrected chi connectivity index (χ0v) is 17.2. The molecule has 0 fully saturated rings. The van der Waals surface area contributed by atoms with Gasteiger partial charge in [-0.05, 0) is 48.0 Å². The maximum Gasteiger partial charge on any atom is 0.255 e. The van der Waals surface area contributed by atoms with Crippen molar-refractivity contribution in [2.45, 2.75) is 10.9 Å². The van der Waals surface area contributed by atoms with Gasteiger partial charge in [-0.2, -0.15) is 5.10 Å². The summed E-state index contributed by atoms with van der Waals surface area (Å²) in [4.78, 5) is 20.8. The van der Waals surface area contributed by atoms with Gasteiger partial charge in [0.25, 0.3) is 5.91 Å². The molecule has 0 aliphatic carbocycles. The van der Waals surface area contributed by atoms with Gasteiger partial charge in [0.2, 0.25) is 5.16 Å². The van der Waals surface area contributed by atoms with Crippen molar-refractivity contribution < 1.29 is 9.00 Å². The van der Waals surface area contributed by atoms with Crippen molar-refractivity contribution >= 4 is 34.0 Å². The van der Waals surface area contributed by atoms with Gasteiger partial charge in [0, 0.05) is 23.0 Å². The summed E-state index contributed by atoms with van der Waals surface area (Å²) in [5, 5.41) is 10.0. The molecule has 2 aromatic carbocycles. The third kappa shape index (κ3) is 4.61. The van der Waals surface area contributed by atoms with Crippen LogP contribution >= 0.6 is 11.6 Å². The molecule has 30 heavy (non-hydrogen) atoms. The number of halogens is 1. The molecule has 1 amide bonds. The van der Waals surface area contributed by atoms with Crippen molar-refractivity contribution in [3.63, 3.8) is 0 Å². The average Bonchev–Trinajstić information content (AvgIpc) is 3.31. The summed E-state index contributed by atoms with van der Waals surface area (Å²) >= 11 is 6.29. The fraction of sp³-hybridized carbons (Fsp3) is 0.0476. The average molecular weight is 438 g/mol. The highest BCUT2D eigenvalue weighted by Gasteiger charge is 2.12. The van der Waals surface area contributed by atoms with Crippen LogP contribution in [0.25, 0.3) is 11.3 Å². The molecule has 0 bridgehead atoms. The van der Waals surface area contributed by atoms with Crippen molar-refractivity contribution in [3.8, 4) is 11.3 Å². The standard InChI is InChI=1S/C21H16ClN5O2S/c22-18-9-8-16(11-17(18)19-3-1-2-10-23-19)26-20(28)15-6-4-14(5-7-15)12-30(29)21-24-13-25-27-21/h1-11,13H,12H2,(H,26,28)(H,24,25,27). The Kier molecular flexibility index (Phi) is 5.97. The summed E-state index contributed by atoms with van der Waals surface area (Å²) in [5.41, 5.74) is 3.38. The van der Waals surface area contributed by atoms with E-state index in [9.17, 15) is 9.00 Å². The van der Waals surface area contributed by atoms with Gasteiger partial charge in [0.15, 0.2) is 0 Å². The summed E-state index contributed by atoms with van der Waals surface area (Å²) in [6.45, 7) is 0. The van der Waals surface area contributed by atoms with Crippen LogP contribution in [0.1, 0.15) is 15.9 Å². The molecular weight excluding hydrogens is 422 g/mol. The van der Waals surface area contributed by atoms with Gasteiger partial charge >= 0.3 is 0 Å². The second-order valence-electron chi connectivity index (χ2n) is 6.34. The van der Waals surface area contributed by atoms with Crippen LogP contribution in [0.5, 0.6) is 0 Å². The maximum absolute atomic E-state index is 12.6. The van der Waals surface area contributed by atoms with Gasteiger partial charge in [-0.25, -0.2) is 4.98 Å². The number of aromatic nitrogens is 4. The number of H-pyrrole nitrogens is 1. The predicted molar refractivity (Wildman–Crippen MR) is 116 cm³/mol. The van der Waals surface area contributed by atoms with Crippen LogP contribution in [-0.4, -0.2) is 30.3 Å². The molecule has 0 saturated carbocycles. The van der Waals surface area contributed by atoms with Gasteiger partial charge in [-0.1, -0.05) is 29.8 Å². The Morgan fingerprint density at radius 3 is 2.60 bits per heavy atom. The minimum Gasteiger partial charge on any atom is -0.322 e. The molecule has 1 atom stereocenters. The Balaban J connectivity index is 1.46. The molecule has 2 N–H and O–H groups in total. The van der Waals surface area contributed by atoms with E-state index in [1.54, 1.807) is 48.7 Å². The molecule has 0 aliphatic rings. The number of nitrogens with zero attached hydrogens (tertiary/aromatic N) is 3. The minimum absolute atomic E-state index is 0.257. The fourth-order valence-corrected chi connectivity index (χ4v) is 3.97. The molecule has 150 valence electrons. The van der Waals surface area contributed by atoms with Crippen molar-refractivity contribution in [1.82, 2.24) is 20.2 Å². The molecule has 2 aromatic heterocycles. The highest BCUT2D eigenvalue weighted by Crippen LogP contribution is 2.29. The molecule has 0 aliphatic heterocycles. The number of aromatic amines is 1. The SMILES string of the molecule is O=C(Nc1ccc(Cl)c(-c2ccccn2)c1)c1ccc(CS(=O)c2ncn[nH]2)cc1. The number of carbonyl (C=O) groups is 1. The smallest absolute Gasteiger partial charge is 0.255 e. The number of pyridine rings is 1. The monoisotopic (exact) mass is 437 g/mol. The number of hydrogen-bond acceptors (Lipinski definition) is 5. The molecular formula is C21H16ClN5O2S. The lowest BCUT2D eigenvalue weighted by Gasteiger charge is -2.09. The number of amides is 1. The number of nitrogens with one attached hydrogen (secondary N) is 2. The first-order valence-corrected chi connectivity index (χ1v) is 10.6. The van der Waals surface area contributed by atoms with Crippen LogP contribution in [0.3, 0.4) is 0 Å². The second-order valence-corrected chi connectivity index (χ2v) is 8.11. The van der Waals surface area contributed by atoms with Gasteiger partial charge in [-0.3, -0.25) is 19.1 Å². The quantitative estimate of drug-likeness (QED) is 0.473. The highest BCUT2D eigenvalue weighted by molar-refractivity contribution is 7.84. The molecule has 1 unspecified atom stereocenters. The number of rotatable bonds is 6. The highest BCUT2D eigenvalue weighted by atomic mass is 35.5. The normalized spacial score (nSPS) is 11.8. The zero-order valence-electron chi connectivity index (χ0n) is 15.6. The first-order chi connectivity index (χ1) is 14.6. The van der Waals surface area contributed by atoms with E-state index in [2.05, 4.69) is 25.5 Å². The van der Waals surface area contributed by atoms with Crippen LogP contribution in [0, 0.1) is 0 Å². The molecule has 0 spiro atoms. The van der Waals surface area contributed by atoms with Crippen molar-refractivity contribution in [3.05, 3.63) is 89.3 Å². The van der Waals surface area contributed by atoms with Gasteiger partial charge in [-0.15, -0.1) is 0 Å². The fourth-order valence-electron chi connectivity index (χ4n) is 2.80. The van der Waals surface area contributed by atoms with Crippen LogP contribution in [0.15, 0.2) is 78.3 Å². The molecule has 2 heterocycles. The Labute approximate surface area is 180 Å². The lowest BCUT2D eigenvalue weighted by atomic mass is 10.1. The van der Waals surface area contributed by atoms with Crippen LogP contribution in [0.4, 0.5) is 5.69 Å². The third-order valence-corrected chi connectivity index (χ3v) is 5.84. The number of benzene rings is 2. The van der Waals surface area contributed by atoms with Gasteiger partial charge in [0.1, 0.15) is 6.33 Å². The van der Waals surface area contributed by atoms with E-state index in [0.29, 0.717) is 21.4 Å². The lowest BCUT2D eigenvalue weighted by Crippen LogP contribution is -2.12. The lowest BCUT2D eigenvalue weighted by molar-refractivity contribution is 0.102. The Hall–Kier alpha value is -3.36. The Bertz CT molecular complexity index is 1180. The summed E-state index contributed by atoms with van der Waals surface area (Å²) in [6, 6.07) is 17.7. The number of anilines is 1. The van der Waals surface area contributed by atoms with E-state index in [0.717, 1.165) is 16.8 Å². The summed E-state index contributed by atoms with van der Waals surface area (Å²) in [7, 11) is -1.32. The van der Waals surface area contributed by atoms with Crippen LogP contribution in [-0.2, 0) is 16.6 Å². The Morgan fingerprint density at radius 2 is 1.90 bits per heavy atom. The molecule has 7 nitrogen and oxygen atoms in total. The van der Waals surface area contributed by atoms with E-state index in [1.807, 2.05) is 18.2 Å². The number of hydrogen-bond donors (Lipinski definition) is 2. The summed E-state index contributed by atoms with van der Waals surface area (Å²) in [6.07, 6.45) is 3.00. The molecule has 4 rings (SSSR count). The number of carbonyl (C=O) groups excluding carboxylic acids is 1. The first kappa shape index (κ1) is 19.9. The van der Waals surface area contributed by atoms with Gasteiger partial charge < -0.3 is 5.32 Å². The van der Waals surface area contributed by atoms with E-state index < -0.39 is 10.8 Å². The van der Waals surface area contributed by atoms with Crippen molar-refractivity contribution in [2.75, 3.05) is 5.32 Å². The van der Waals surface area contributed by atoms with Crippen molar-refractivity contribution in [2.24, 2.45) is 0 Å². The molecule has 4 aromatic rings. The molecule has 0 radical (unpaired) electrons. The van der Waals surface area contributed by atoms with E-state index >= 15 is 0 Å². The van der Waals surface area contributed by atoms with E-state index in [-0.39, 0.29) is 11.7 Å². The summed E-state index contributed by atoms with van der Waals surface area (Å²) in [5.74, 6) is 0.0223. The van der Waals surface area contributed by atoms with Crippen LogP contribution in [0.2, 0.25) is 5.02 Å². The largest absolute Gasteiger partial charge is 0.322 e. The van der Waals surface area contributed by atoms with E-state index in [4.69, 9.17) is 11.6 Å².